The van der Waals surface area contributed by atoms with Crippen molar-refractivity contribution in [3.63, 3.8) is 0 Å². The monoisotopic (exact) mass is 365 g/mol. The maximum atomic E-state index is 12.8. The summed E-state index contributed by atoms with van der Waals surface area (Å²) in [5.41, 5.74) is 5.28. The van der Waals surface area contributed by atoms with Crippen molar-refractivity contribution in [2.75, 3.05) is 12.0 Å². The fraction of sp³-hybridized carbons (Fsp3) is 0.222. The molecule has 0 atom stereocenters. The van der Waals surface area contributed by atoms with Crippen LogP contribution in [0, 0.1) is 0 Å². The quantitative estimate of drug-likeness (QED) is 0.366. The molecular formula is C18H18F3N3O2. The Morgan fingerprint density at radius 3 is 2.50 bits per heavy atom. The lowest BCUT2D eigenvalue weighted by molar-refractivity contribution is -0.137. The van der Waals surface area contributed by atoms with Gasteiger partial charge in [0.2, 0.25) is 5.84 Å². The number of carbonyl (C=O) groups excluding carboxylic acids is 1. The standard InChI is InChI=1S/C18H18F3N3O2/c1-2-26-17(25)16(22-12-13-7-4-3-5-8-13)24-23-15-10-6-9-14(11-15)18(19,20)21/h3-11,23H,2,12H2,1H3,(H,22,24). The van der Waals surface area contributed by atoms with E-state index in [1.54, 1.807) is 6.92 Å². The van der Waals surface area contributed by atoms with E-state index >= 15 is 0 Å². The van der Waals surface area contributed by atoms with Crippen LogP contribution in [-0.4, -0.2) is 18.4 Å². The Morgan fingerprint density at radius 2 is 1.85 bits per heavy atom. The zero-order valence-corrected chi connectivity index (χ0v) is 14.0. The van der Waals surface area contributed by atoms with Crippen LogP contribution in [0.3, 0.4) is 0 Å². The number of halogens is 3. The molecular weight excluding hydrogens is 347 g/mol. The van der Waals surface area contributed by atoms with E-state index in [2.05, 4.69) is 15.8 Å². The summed E-state index contributed by atoms with van der Waals surface area (Å²) in [4.78, 5) is 16.1. The van der Waals surface area contributed by atoms with Crippen molar-refractivity contribution in [3.8, 4) is 0 Å². The summed E-state index contributed by atoms with van der Waals surface area (Å²) in [6, 6.07) is 13.8. The van der Waals surface area contributed by atoms with E-state index in [0.29, 0.717) is 0 Å². The maximum Gasteiger partial charge on any atom is 0.416 e. The number of nitrogens with one attached hydrogen (secondary N) is 2. The predicted octanol–water partition coefficient (Wildman–Crippen LogP) is 3.78. The molecule has 0 radical (unpaired) electrons. The van der Waals surface area contributed by atoms with E-state index in [1.807, 2.05) is 30.3 Å². The molecule has 0 saturated heterocycles. The number of benzene rings is 2. The highest BCUT2D eigenvalue weighted by atomic mass is 19.4. The fourth-order valence-corrected chi connectivity index (χ4v) is 2.01. The molecule has 0 aromatic heterocycles. The van der Waals surface area contributed by atoms with E-state index in [0.717, 1.165) is 17.7 Å². The van der Waals surface area contributed by atoms with Crippen LogP contribution in [0.4, 0.5) is 18.9 Å². The van der Waals surface area contributed by atoms with Gasteiger partial charge in [-0.05, 0) is 30.7 Å². The van der Waals surface area contributed by atoms with Crippen molar-refractivity contribution >= 4 is 17.5 Å². The van der Waals surface area contributed by atoms with E-state index in [4.69, 9.17) is 4.74 Å². The van der Waals surface area contributed by atoms with Crippen LogP contribution >= 0.6 is 0 Å². The molecule has 0 saturated carbocycles. The molecule has 0 unspecified atom stereocenters. The molecule has 26 heavy (non-hydrogen) atoms. The van der Waals surface area contributed by atoms with Gasteiger partial charge in [0.15, 0.2) is 0 Å². The number of alkyl halides is 3. The zero-order chi connectivity index (χ0) is 19.0. The molecule has 0 heterocycles. The number of hydrogen-bond donors (Lipinski definition) is 2. The predicted molar refractivity (Wildman–Crippen MR) is 92.4 cm³/mol. The average Bonchev–Trinajstić information content (AvgIpc) is 2.62. The van der Waals surface area contributed by atoms with Gasteiger partial charge in [0, 0.05) is 0 Å². The molecule has 0 aliphatic rings. The van der Waals surface area contributed by atoms with Gasteiger partial charge in [-0.15, -0.1) is 0 Å². The smallest absolute Gasteiger partial charge is 0.416 e. The number of aliphatic imine (C=N–C) groups is 1. The second kappa shape index (κ2) is 8.89. The summed E-state index contributed by atoms with van der Waals surface area (Å²) in [6.45, 7) is 2.01. The first-order valence-corrected chi connectivity index (χ1v) is 7.85. The molecule has 2 N–H and O–H groups in total. The van der Waals surface area contributed by atoms with Gasteiger partial charge in [0.05, 0.1) is 24.4 Å². The highest BCUT2D eigenvalue weighted by Gasteiger charge is 2.30. The molecule has 0 aliphatic heterocycles. The first-order chi connectivity index (χ1) is 12.4. The normalized spacial score (nSPS) is 11.8. The van der Waals surface area contributed by atoms with Gasteiger partial charge in [0.1, 0.15) is 0 Å². The Hall–Kier alpha value is -3.03. The van der Waals surface area contributed by atoms with Crippen molar-refractivity contribution < 1.29 is 22.7 Å². The summed E-state index contributed by atoms with van der Waals surface area (Å²) in [5, 5.41) is 0. The lowest BCUT2D eigenvalue weighted by atomic mass is 10.2. The Labute approximate surface area is 148 Å². The highest BCUT2D eigenvalue weighted by Crippen LogP contribution is 2.30. The van der Waals surface area contributed by atoms with Crippen LogP contribution in [-0.2, 0) is 22.3 Å². The SMILES string of the molecule is CCOC(=O)C(=NCc1ccccc1)NNc1cccc(C(F)(F)F)c1. The minimum Gasteiger partial charge on any atom is -0.460 e. The van der Waals surface area contributed by atoms with Crippen LogP contribution in [0.15, 0.2) is 59.6 Å². The van der Waals surface area contributed by atoms with Crippen LogP contribution in [0.5, 0.6) is 0 Å². The molecule has 2 aromatic carbocycles. The second-order valence-electron chi connectivity index (χ2n) is 5.20. The van der Waals surface area contributed by atoms with E-state index < -0.39 is 17.7 Å². The molecule has 0 spiro atoms. The second-order valence-corrected chi connectivity index (χ2v) is 5.20. The van der Waals surface area contributed by atoms with Crippen LogP contribution in [0.1, 0.15) is 18.1 Å². The van der Waals surface area contributed by atoms with Crippen LogP contribution in [0.2, 0.25) is 0 Å². The lowest BCUT2D eigenvalue weighted by Gasteiger charge is -2.13. The number of hydrazine groups is 1. The summed E-state index contributed by atoms with van der Waals surface area (Å²) >= 11 is 0. The minimum atomic E-state index is -4.46. The number of hydrogen-bond acceptors (Lipinski definition) is 4. The number of nitrogens with zero attached hydrogens (tertiary/aromatic N) is 1. The first-order valence-electron chi connectivity index (χ1n) is 7.85. The Bertz CT molecular complexity index is 762. The minimum absolute atomic E-state index is 0.131. The molecule has 2 aromatic rings. The Morgan fingerprint density at radius 1 is 1.12 bits per heavy atom. The third-order valence-corrected chi connectivity index (χ3v) is 3.25. The van der Waals surface area contributed by atoms with Gasteiger partial charge in [-0.1, -0.05) is 36.4 Å². The molecule has 0 amide bonds. The number of rotatable bonds is 5. The van der Waals surface area contributed by atoms with Crippen molar-refractivity contribution in [1.82, 2.24) is 5.43 Å². The molecule has 0 aliphatic carbocycles. The van der Waals surface area contributed by atoms with Crippen LogP contribution in [0.25, 0.3) is 0 Å². The van der Waals surface area contributed by atoms with Gasteiger partial charge in [-0.25, -0.2) is 4.79 Å². The Kier molecular flexibility index (Phi) is 6.60. The molecule has 8 heteroatoms. The number of anilines is 1. The third-order valence-electron chi connectivity index (χ3n) is 3.25. The highest BCUT2D eigenvalue weighted by molar-refractivity contribution is 6.35. The topological polar surface area (TPSA) is 62.7 Å². The first kappa shape index (κ1) is 19.3. The van der Waals surface area contributed by atoms with E-state index in [9.17, 15) is 18.0 Å². The number of ether oxygens (including phenoxy) is 1. The largest absolute Gasteiger partial charge is 0.460 e. The maximum absolute atomic E-state index is 12.8. The van der Waals surface area contributed by atoms with E-state index in [-0.39, 0.29) is 24.7 Å². The van der Waals surface area contributed by atoms with Crippen molar-refractivity contribution in [1.29, 1.82) is 0 Å². The summed E-state index contributed by atoms with van der Waals surface area (Å²) in [7, 11) is 0. The summed E-state index contributed by atoms with van der Waals surface area (Å²) in [6.07, 6.45) is -4.46. The van der Waals surface area contributed by atoms with Gasteiger partial charge in [-0.3, -0.25) is 15.8 Å². The van der Waals surface area contributed by atoms with Gasteiger partial charge in [-0.2, -0.15) is 13.2 Å². The van der Waals surface area contributed by atoms with Gasteiger partial charge in [0.25, 0.3) is 0 Å². The zero-order valence-electron chi connectivity index (χ0n) is 14.0. The summed E-state index contributed by atoms with van der Waals surface area (Å²) < 4.78 is 43.2. The molecule has 0 bridgehead atoms. The van der Waals surface area contributed by atoms with Crippen molar-refractivity contribution in [3.05, 3.63) is 65.7 Å². The lowest BCUT2D eigenvalue weighted by Crippen LogP contribution is -2.37. The molecule has 138 valence electrons. The van der Waals surface area contributed by atoms with Crippen molar-refractivity contribution in [2.24, 2.45) is 4.99 Å². The molecule has 5 nitrogen and oxygen atoms in total. The summed E-state index contributed by atoms with van der Waals surface area (Å²) in [5.74, 6) is -0.837. The number of amidine groups is 1. The number of esters is 1. The van der Waals surface area contributed by atoms with Crippen LogP contribution < -0.4 is 10.9 Å². The van der Waals surface area contributed by atoms with Gasteiger partial charge >= 0.3 is 12.1 Å². The fourth-order valence-electron chi connectivity index (χ4n) is 2.01. The van der Waals surface area contributed by atoms with Crippen molar-refractivity contribution in [2.45, 2.75) is 19.6 Å². The third kappa shape index (κ3) is 5.80. The van der Waals surface area contributed by atoms with Gasteiger partial charge < -0.3 is 4.74 Å². The average molecular weight is 365 g/mol. The molecule has 2 rings (SSSR count). The van der Waals surface area contributed by atoms with E-state index in [1.165, 1.54) is 12.1 Å². The molecule has 0 fully saturated rings. The Balaban J connectivity index is 2.10. The number of carbonyl (C=O) groups is 1.